The number of thioether (sulfide) groups is 1. The van der Waals surface area contributed by atoms with Gasteiger partial charge in [0.1, 0.15) is 22.5 Å². The predicted octanol–water partition coefficient (Wildman–Crippen LogP) is 5.58. The standard InChI is InChI=1S/C30H36O7S2/c1-3-4-19-36-30(32)29(38-21-18-24-9-11-26(31)12-10-24)22-25-7-5-23(6-8-25)17-20-35-27-13-15-28(16-14-27)37-39(2,33)34/h5-16,29,31H,3-4,17-22H2,1-2H3. The number of hydrogen-bond acceptors (Lipinski definition) is 8. The minimum atomic E-state index is -3.56. The molecule has 0 amide bonds. The van der Waals surface area contributed by atoms with Gasteiger partial charge in [0.25, 0.3) is 0 Å². The molecule has 3 rings (SSSR count). The molecule has 3 aromatic rings. The van der Waals surface area contributed by atoms with Gasteiger partial charge in [0, 0.05) is 6.42 Å². The van der Waals surface area contributed by atoms with Crippen molar-refractivity contribution in [1.29, 1.82) is 0 Å². The molecule has 0 radical (unpaired) electrons. The topological polar surface area (TPSA) is 99.1 Å². The van der Waals surface area contributed by atoms with Crippen molar-refractivity contribution < 1.29 is 32.0 Å². The third-order valence-electron chi connectivity index (χ3n) is 5.83. The number of aromatic hydroxyl groups is 1. The first-order chi connectivity index (χ1) is 18.7. The van der Waals surface area contributed by atoms with Gasteiger partial charge in [-0.1, -0.05) is 49.7 Å². The van der Waals surface area contributed by atoms with Crippen molar-refractivity contribution in [2.24, 2.45) is 0 Å². The fraction of sp³-hybridized carbons (Fsp3) is 0.367. The van der Waals surface area contributed by atoms with Gasteiger partial charge >= 0.3 is 16.1 Å². The maximum atomic E-state index is 12.8. The number of hydrogen-bond donors (Lipinski definition) is 1. The van der Waals surface area contributed by atoms with Crippen LogP contribution in [0.3, 0.4) is 0 Å². The molecule has 0 spiro atoms. The van der Waals surface area contributed by atoms with Gasteiger partial charge in [0.15, 0.2) is 0 Å². The van der Waals surface area contributed by atoms with Crippen LogP contribution in [0.5, 0.6) is 17.2 Å². The van der Waals surface area contributed by atoms with Gasteiger partial charge < -0.3 is 18.8 Å². The molecule has 0 aromatic heterocycles. The van der Waals surface area contributed by atoms with Gasteiger partial charge in [-0.15, -0.1) is 11.8 Å². The van der Waals surface area contributed by atoms with Crippen molar-refractivity contribution in [2.45, 2.75) is 44.3 Å². The third kappa shape index (κ3) is 11.6. The van der Waals surface area contributed by atoms with E-state index in [-0.39, 0.29) is 22.7 Å². The number of benzene rings is 3. The molecule has 39 heavy (non-hydrogen) atoms. The summed E-state index contributed by atoms with van der Waals surface area (Å²) >= 11 is 1.60. The SMILES string of the molecule is CCCCOC(=O)C(Cc1ccc(CCOc2ccc(OS(C)(=O)=O)cc2)cc1)SCCc1ccc(O)cc1. The minimum absolute atomic E-state index is 0.176. The molecule has 1 N–H and O–H groups in total. The van der Waals surface area contributed by atoms with E-state index in [1.165, 1.54) is 0 Å². The number of phenolic OH excluding ortho intramolecular Hbond substituents is 1. The van der Waals surface area contributed by atoms with E-state index in [1.54, 1.807) is 48.2 Å². The molecule has 0 heterocycles. The van der Waals surface area contributed by atoms with Gasteiger partial charge in [-0.2, -0.15) is 8.42 Å². The predicted molar refractivity (Wildman–Crippen MR) is 155 cm³/mol. The number of carbonyl (C=O) groups excluding carboxylic acids is 1. The first-order valence-electron chi connectivity index (χ1n) is 13.0. The molecule has 3 aromatic carbocycles. The normalized spacial score (nSPS) is 12.1. The molecular formula is C30H36O7S2. The van der Waals surface area contributed by atoms with Crippen LogP contribution in [0.2, 0.25) is 0 Å². The highest BCUT2D eigenvalue weighted by Gasteiger charge is 2.21. The van der Waals surface area contributed by atoms with Crippen molar-refractivity contribution in [3.63, 3.8) is 0 Å². The van der Waals surface area contributed by atoms with Gasteiger partial charge in [-0.25, -0.2) is 0 Å². The van der Waals surface area contributed by atoms with E-state index in [4.69, 9.17) is 13.7 Å². The Balaban J connectivity index is 1.50. The zero-order valence-electron chi connectivity index (χ0n) is 22.4. The Morgan fingerprint density at radius 2 is 1.44 bits per heavy atom. The quantitative estimate of drug-likeness (QED) is 0.135. The molecule has 7 nitrogen and oxygen atoms in total. The summed E-state index contributed by atoms with van der Waals surface area (Å²) in [6.07, 6.45) is 4.91. The average Bonchev–Trinajstić information content (AvgIpc) is 2.90. The largest absolute Gasteiger partial charge is 0.508 e. The van der Waals surface area contributed by atoms with Crippen molar-refractivity contribution in [1.82, 2.24) is 0 Å². The van der Waals surface area contributed by atoms with Crippen LogP contribution in [-0.2, 0) is 38.9 Å². The van der Waals surface area contributed by atoms with E-state index in [0.717, 1.165) is 48.0 Å². The summed E-state index contributed by atoms with van der Waals surface area (Å²) < 4.78 is 38.6. The minimum Gasteiger partial charge on any atom is -0.508 e. The maximum absolute atomic E-state index is 12.8. The van der Waals surface area contributed by atoms with Gasteiger partial charge in [0.05, 0.1) is 19.5 Å². The van der Waals surface area contributed by atoms with E-state index in [1.807, 2.05) is 36.4 Å². The molecule has 0 bridgehead atoms. The van der Waals surface area contributed by atoms with E-state index in [2.05, 4.69) is 6.92 Å². The Labute approximate surface area is 235 Å². The summed E-state index contributed by atoms with van der Waals surface area (Å²) in [6, 6.07) is 21.8. The van der Waals surface area contributed by atoms with Crippen LogP contribution in [-0.4, -0.2) is 50.0 Å². The van der Waals surface area contributed by atoms with Crippen LogP contribution >= 0.6 is 11.8 Å². The lowest BCUT2D eigenvalue weighted by Crippen LogP contribution is -2.24. The van der Waals surface area contributed by atoms with Gasteiger partial charge in [0.2, 0.25) is 0 Å². The lowest BCUT2D eigenvalue weighted by atomic mass is 10.1. The molecule has 0 fully saturated rings. The second-order valence-electron chi connectivity index (χ2n) is 9.17. The number of ether oxygens (including phenoxy) is 2. The highest BCUT2D eigenvalue weighted by Crippen LogP contribution is 2.22. The van der Waals surface area contributed by atoms with Crippen LogP contribution in [0, 0.1) is 0 Å². The van der Waals surface area contributed by atoms with Crippen molar-refractivity contribution in [3.8, 4) is 17.2 Å². The Kier molecular flexibility index (Phi) is 12.0. The molecular weight excluding hydrogens is 536 g/mol. The zero-order chi connectivity index (χ0) is 28.1. The Morgan fingerprint density at radius 3 is 2.08 bits per heavy atom. The van der Waals surface area contributed by atoms with E-state index in [9.17, 15) is 18.3 Å². The van der Waals surface area contributed by atoms with Gasteiger partial charge in [-0.3, -0.25) is 4.79 Å². The second-order valence-corrected chi connectivity index (χ2v) is 12.1. The number of aryl methyl sites for hydroxylation is 1. The monoisotopic (exact) mass is 572 g/mol. The van der Waals surface area contributed by atoms with Crippen molar-refractivity contribution >= 4 is 27.8 Å². The molecule has 9 heteroatoms. The summed E-state index contributed by atoms with van der Waals surface area (Å²) in [5.74, 6) is 1.71. The summed E-state index contributed by atoms with van der Waals surface area (Å²) in [5.41, 5.74) is 3.29. The molecule has 0 saturated carbocycles. The summed E-state index contributed by atoms with van der Waals surface area (Å²) in [6.45, 7) is 2.97. The number of phenols is 1. The van der Waals surface area contributed by atoms with E-state index >= 15 is 0 Å². The molecule has 0 saturated heterocycles. The van der Waals surface area contributed by atoms with Crippen molar-refractivity contribution in [2.75, 3.05) is 25.2 Å². The summed E-state index contributed by atoms with van der Waals surface area (Å²) in [5, 5.41) is 9.19. The molecule has 0 aliphatic carbocycles. The number of unbranched alkanes of at least 4 members (excludes halogenated alkanes) is 1. The molecule has 1 atom stereocenters. The average molecular weight is 573 g/mol. The summed E-state index contributed by atoms with van der Waals surface area (Å²) in [4.78, 5) is 12.8. The van der Waals surface area contributed by atoms with Gasteiger partial charge in [-0.05, 0) is 78.1 Å². The second kappa shape index (κ2) is 15.4. The third-order valence-corrected chi connectivity index (χ3v) is 7.52. The maximum Gasteiger partial charge on any atom is 0.319 e. The number of carbonyl (C=O) groups is 1. The first-order valence-corrected chi connectivity index (χ1v) is 15.8. The number of rotatable bonds is 16. The summed E-state index contributed by atoms with van der Waals surface area (Å²) in [7, 11) is -3.56. The van der Waals surface area contributed by atoms with Crippen LogP contribution in [0.4, 0.5) is 0 Å². The van der Waals surface area contributed by atoms with Crippen molar-refractivity contribution in [3.05, 3.63) is 89.5 Å². The lowest BCUT2D eigenvalue weighted by molar-refractivity contribution is -0.143. The molecule has 0 aliphatic heterocycles. The first kappa shape index (κ1) is 30.4. The lowest BCUT2D eigenvalue weighted by Gasteiger charge is -2.16. The highest BCUT2D eigenvalue weighted by atomic mass is 32.2. The smallest absolute Gasteiger partial charge is 0.319 e. The fourth-order valence-electron chi connectivity index (χ4n) is 3.71. The van der Waals surface area contributed by atoms with Crippen LogP contribution in [0.1, 0.15) is 36.5 Å². The fourth-order valence-corrected chi connectivity index (χ4v) is 5.32. The Hall–Kier alpha value is -3.17. The molecule has 0 aliphatic rings. The molecule has 1 unspecified atom stereocenters. The van der Waals surface area contributed by atoms with Crippen LogP contribution in [0.25, 0.3) is 0 Å². The number of esters is 1. The Morgan fingerprint density at radius 1 is 0.846 bits per heavy atom. The Bertz CT molecular complexity index is 1260. The van der Waals surface area contributed by atoms with Crippen LogP contribution in [0.15, 0.2) is 72.8 Å². The van der Waals surface area contributed by atoms with Crippen LogP contribution < -0.4 is 8.92 Å². The zero-order valence-corrected chi connectivity index (χ0v) is 24.0. The highest BCUT2D eigenvalue weighted by molar-refractivity contribution is 8.00. The molecule has 210 valence electrons. The van der Waals surface area contributed by atoms with E-state index < -0.39 is 10.1 Å². The van der Waals surface area contributed by atoms with E-state index in [0.29, 0.717) is 31.8 Å².